The third-order valence-corrected chi connectivity index (χ3v) is 3.92. The number of anilines is 1. The topological polar surface area (TPSA) is 39.9 Å². The molecule has 1 fully saturated rings. The van der Waals surface area contributed by atoms with E-state index in [2.05, 4.69) is 36.7 Å². The molecule has 1 aliphatic rings. The predicted octanol–water partition coefficient (Wildman–Crippen LogP) is 3.22. The Labute approximate surface area is 109 Å². The van der Waals surface area contributed by atoms with Gasteiger partial charge in [0.2, 0.25) is 0 Å². The molecule has 1 saturated heterocycles. The molecule has 0 aromatic carbocycles. The zero-order valence-electron chi connectivity index (χ0n) is 11.5. The van der Waals surface area contributed by atoms with Gasteiger partial charge < -0.3 is 4.90 Å². The third kappa shape index (κ3) is 2.81. The molecule has 0 aliphatic carbocycles. The first-order chi connectivity index (χ1) is 8.50. The molecule has 18 heavy (non-hydrogen) atoms. The molecule has 0 radical (unpaired) electrons. The molecular weight excluding hydrogens is 222 g/mol. The molecule has 3 nitrogen and oxygen atoms in total. The van der Waals surface area contributed by atoms with Crippen LogP contribution in [0.15, 0.2) is 18.3 Å². The van der Waals surface area contributed by atoms with Crippen molar-refractivity contribution in [3.8, 4) is 6.07 Å². The number of hydrogen-bond acceptors (Lipinski definition) is 3. The first-order valence-corrected chi connectivity index (χ1v) is 6.62. The fraction of sp³-hybridized carbons (Fsp3) is 0.600. The van der Waals surface area contributed by atoms with E-state index in [0.29, 0.717) is 11.0 Å². The summed E-state index contributed by atoms with van der Waals surface area (Å²) >= 11 is 0. The van der Waals surface area contributed by atoms with Gasteiger partial charge in [0, 0.05) is 19.3 Å². The van der Waals surface area contributed by atoms with E-state index in [1.165, 1.54) is 12.8 Å². The summed E-state index contributed by atoms with van der Waals surface area (Å²) in [4.78, 5) is 6.69. The molecule has 0 spiro atoms. The summed E-state index contributed by atoms with van der Waals surface area (Å²) in [5, 5.41) is 8.76. The van der Waals surface area contributed by atoms with Gasteiger partial charge >= 0.3 is 0 Å². The van der Waals surface area contributed by atoms with E-state index in [1.54, 1.807) is 6.20 Å². The van der Waals surface area contributed by atoms with Crippen molar-refractivity contribution in [2.24, 2.45) is 11.3 Å². The number of piperidine rings is 1. The molecule has 0 unspecified atom stereocenters. The number of nitriles is 1. The molecule has 96 valence electrons. The summed E-state index contributed by atoms with van der Waals surface area (Å²) in [6.07, 6.45) is 4.11. The summed E-state index contributed by atoms with van der Waals surface area (Å²) in [6.45, 7) is 9.12. The van der Waals surface area contributed by atoms with E-state index in [-0.39, 0.29) is 0 Å². The molecule has 1 aromatic rings. The first kappa shape index (κ1) is 12.9. The molecule has 0 saturated carbocycles. The van der Waals surface area contributed by atoms with Gasteiger partial charge in [-0.15, -0.1) is 0 Å². The van der Waals surface area contributed by atoms with E-state index in [9.17, 15) is 0 Å². The summed E-state index contributed by atoms with van der Waals surface area (Å²) in [5.74, 6) is 1.80. The number of nitrogens with zero attached hydrogens (tertiary/aromatic N) is 3. The standard InChI is InChI=1S/C15H21N3/c1-15(2,3)13-6-8-18(9-7-13)14-5-4-12(10-16)11-17-14/h4-5,11,13H,6-9H2,1-3H3. The van der Waals surface area contributed by atoms with Crippen molar-refractivity contribution in [3.05, 3.63) is 23.9 Å². The van der Waals surface area contributed by atoms with Crippen molar-refractivity contribution < 1.29 is 0 Å². The van der Waals surface area contributed by atoms with Crippen molar-refractivity contribution in [2.45, 2.75) is 33.6 Å². The van der Waals surface area contributed by atoms with Crippen LogP contribution >= 0.6 is 0 Å². The van der Waals surface area contributed by atoms with Crippen LogP contribution < -0.4 is 4.90 Å². The SMILES string of the molecule is CC(C)(C)C1CCN(c2ccc(C#N)cn2)CC1. The van der Waals surface area contributed by atoms with Crippen molar-refractivity contribution in [2.75, 3.05) is 18.0 Å². The van der Waals surface area contributed by atoms with E-state index in [1.807, 2.05) is 12.1 Å². The molecule has 0 atom stereocenters. The Bertz CT molecular complexity index is 428. The molecule has 1 aliphatic heterocycles. The number of rotatable bonds is 1. The van der Waals surface area contributed by atoms with Gasteiger partial charge in [-0.05, 0) is 36.3 Å². The molecular formula is C15H21N3. The van der Waals surface area contributed by atoms with E-state index in [4.69, 9.17) is 5.26 Å². The second kappa shape index (κ2) is 4.97. The normalized spacial score (nSPS) is 17.6. The van der Waals surface area contributed by atoms with E-state index >= 15 is 0 Å². The maximum atomic E-state index is 8.76. The minimum atomic E-state index is 0.407. The molecule has 1 aromatic heterocycles. The maximum Gasteiger partial charge on any atom is 0.128 e. The second-order valence-electron chi connectivity index (χ2n) is 6.14. The van der Waals surface area contributed by atoms with Crippen molar-refractivity contribution in [3.63, 3.8) is 0 Å². The van der Waals surface area contributed by atoms with Gasteiger partial charge in [0.1, 0.15) is 11.9 Å². The Balaban J connectivity index is 1.99. The molecule has 2 heterocycles. The first-order valence-electron chi connectivity index (χ1n) is 6.62. The lowest BCUT2D eigenvalue weighted by Gasteiger charge is -2.39. The lowest BCUT2D eigenvalue weighted by atomic mass is 9.75. The third-order valence-electron chi connectivity index (χ3n) is 3.92. The fourth-order valence-corrected chi connectivity index (χ4v) is 2.61. The molecule has 0 N–H and O–H groups in total. The van der Waals surface area contributed by atoms with Crippen LogP contribution in [-0.4, -0.2) is 18.1 Å². The van der Waals surface area contributed by atoms with Crippen LogP contribution in [-0.2, 0) is 0 Å². The highest BCUT2D eigenvalue weighted by atomic mass is 15.2. The Hall–Kier alpha value is -1.56. The average Bonchev–Trinajstić information content (AvgIpc) is 2.38. The van der Waals surface area contributed by atoms with Crippen LogP contribution in [0.1, 0.15) is 39.2 Å². The van der Waals surface area contributed by atoms with Gasteiger partial charge in [-0.25, -0.2) is 4.98 Å². The molecule has 0 bridgehead atoms. The monoisotopic (exact) mass is 243 g/mol. The Morgan fingerprint density at radius 3 is 2.39 bits per heavy atom. The van der Waals surface area contributed by atoms with Gasteiger partial charge in [-0.1, -0.05) is 20.8 Å². The van der Waals surface area contributed by atoms with Gasteiger partial charge in [0.15, 0.2) is 0 Å². The summed E-state index contributed by atoms with van der Waals surface area (Å²) in [7, 11) is 0. The Kier molecular flexibility index (Phi) is 3.56. The minimum Gasteiger partial charge on any atom is -0.357 e. The van der Waals surface area contributed by atoms with Gasteiger partial charge in [-0.3, -0.25) is 0 Å². The van der Waals surface area contributed by atoms with Crippen molar-refractivity contribution >= 4 is 5.82 Å². The van der Waals surface area contributed by atoms with Crippen molar-refractivity contribution in [1.29, 1.82) is 5.26 Å². The fourth-order valence-electron chi connectivity index (χ4n) is 2.61. The van der Waals surface area contributed by atoms with Crippen LogP contribution in [0.4, 0.5) is 5.82 Å². The Morgan fingerprint density at radius 1 is 1.28 bits per heavy atom. The van der Waals surface area contributed by atoms with Gasteiger partial charge in [0.25, 0.3) is 0 Å². The zero-order chi connectivity index (χ0) is 13.2. The molecule has 2 rings (SSSR count). The molecule has 0 amide bonds. The van der Waals surface area contributed by atoms with Crippen LogP contribution in [0.5, 0.6) is 0 Å². The van der Waals surface area contributed by atoms with Crippen LogP contribution in [0.3, 0.4) is 0 Å². The Morgan fingerprint density at radius 2 is 1.94 bits per heavy atom. The van der Waals surface area contributed by atoms with Gasteiger partial charge in [0.05, 0.1) is 5.56 Å². The van der Waals surface area contributed by atoms with E-state index < -0.39 is 0 Å². The van der Waals surface area contributed by atoms with Crippen LogP contribution in [0.2, 0.25) is 0 Å². The smallest absolute Gasteiger partial charge is 0.128 e. The maximum absolute atomic E-state index is 8.76. The highest BCUT2D eigenvalue weighted by Gasteiger charge is 2.28. The molecule has 3 heteroatoms. The highest BCUT2D eigenvalue weighted by Crippen LogP contribution is 2.35. The number of pyridine rings is 1. The van der Waals surface area contributed by atoms with Crippen LogP contribution in [0.25, 0.3) is 0 Å². The van der Waals surface area contributed by atoms with Gasteiger partial charge in [-0.2, -0.15) is 5.26 Å². The lowest BCUT2D eigenvalue weighted by molar-refractivity contribution is 0.198. The summed E-state index contributed by atoms with van der Waals surface area (Å²) < 4.78 is 0. The largest absolute Gasteiger partial charge is 0.357 e. The van der Waals surface area contributed by atoms with Crippen LogP contribution in [0, 0.1) is 22.7 Å². The predicted molar refractivity (Wildman–Crippen MR) is 73.3 cm³/mol. The minimum absolute atomic E-state index is 0.407. The van der Waals surface area contributed by atoms with Crippen molar-refractivity contribution in [1.82, 2.24) is 4.98 Å². The van der Waals surface area contributed by atoms with E-state index in [0.717, 1.165) is 24.8 Å². The quantitative estimate of drug-likeness (QED) is 0.760. The summed E-state index contributed by atoms with van der Waals surface area (Å²) in [6, 6.07) is 5.90. The number of hydrogen-bond donors (Lipinski definition) is 0. The second-order valence-corrected chi connectivity index (χ2v) is 6.14. The zero-order valence-corrected chi connectivity index (χ0v) is 11.5. The highest BCUT2D eigenvalue weighted by molar-refractivity contribution is 5.42. The summed E-state index contributed by atoms with van der Waals surface area (Å²) in [5.41, 5.74) is 1.04. The average molecular weight is 243 g/mol. The lowest BCUT2D eigenvalue weighted by Crippen LogP contribution is -2.38. The number of aromatic nitrogens is 1.